The summed E-state index contributed by atoms with van der Waals surface area (Å²) in [5.74, 6) is -0.173. The van der Waals surface area contributed by atoms with E-state index in [2.05, 4.69) is 5.32 Å². The number of benzene rings is 2. The number of halogens is 3. The second-order valence-corrected chi connectivity index (χ2v) is 6.54. The molecule has 0 aliphatic rings. The highest BCUT2D eigenvalue weighted by Crippen LogP contribution is 2.31. The van der Waals surface area contributed by atoms with E-state index >= 15 is 0 Å². The number of hydrogen-bond donors (Lipinski definition) is 1. The lowest BCUT2D eigenvalue weighted by atomic mass is 10.2. The molecular formula is C18H19Cl2FN2O2. The molecule has 0 saturated carbocycles. The summed E-state index contributed by atoms with van der Waals surface area (Å²) in [7, 11) is 3.22. The van der Waals surface area contributed by atoms with Gasteiger partial charge in [-0.05, 0) is 37.7 Å². The Morgan fingerprint density at radius 3 is 2.64 bits per heavy atom. The molecule has 2 aromatic rings. The maximum Gasteiger partial charge on any atom is 0.238 e. The molecule has 0 saturated heterocycles. The van der Waals surface area contributed by atoms with Gasteiger partial charge in [0.2, 0.25) is 5.91 Å². The molecule has 0 fully saturated rings. The van der Waals surface area contributed by atoms with Crippen molar-refractivity contribution in [1.82, 2.24) is 4.90 Å². The largest absolute Gasteiger partial charge is 0.495 e. The molecule has 0 heterocycles. The van der Waals surface area contributed by atoms with Gasteiger partial charge in [0.05, 0.1) is 19.3 Å². The number of carbonyl (C=O) groups excluding carboxylic acids is 1. The van der Waals surface area contributed by atoms with Gasteiger partial charge in [0.1, 0.15) is 11.6 Å². The summed E-state index contributed by atoms with van der Waals surface area (Å²) in [5, 5.41) is 3.68. The molecule has 0 unspecified atom stereocenters. The smallest absolute Gasteiger partial charge is 0.238 e. The van der Waals surface area contributed by atoms with E-state index in [-0.39, 0.29) is 19.0 Å². The lowest BCUT2D eigenvalue weighted by Gasteiger charge is -2.18. The fourth-order valence-corrected chi connectivity index (χ4v) is 2.75. The van der Waals surface area contributed by atoms with Gasteiger partial charge in [0.25, 0.3) is 0 Å². The van der Waals surface area contributed by atoms with Crippen LogP contribution in [0.25, 0.3) is 0 Å². The summed E-state index contributed by atoms with van der Waals surface area (Å²) in [6.07, 6.45) is 0. The van der Waals surface area contributed by atoms with Crippen LogP contribution < -0.4 is 10.1 Å². The van der Waals surface area contributed by atoms with E-state index in [0.717, 1.165) is 5.56 Å². The van der Waals surface area contributed by atoms with Gasteiger partial charge in [0, 0.05) is 28.2 Å². The first kappa shape index (κ1) is 19.5. The zero-order valence-corrected chi connectivity index (χ0v) is 15.7. The lowest BCUT2D eigenvalue weighted by molar-refractivity contribution is -0.117. The van der Waals surface area contributed by atoms with Crippen molar-refractivity contribution >= 4 is 34.8 Å². The number of nitrogens with one attached hydrogen (secondary N) is 1. The van der Waals surface area contributed by atoms with Gasteiger partial charge in [-0.3, -0.25) is 9.69 Å². The van der Waals surface area contributed by atoms with Gasteiger partial charge in [-0.2, -0.15) is 0 Å². The van der Waals surface area contributed by atoms with E-state index in [1.807, 2.05) is 6.92 Å². The van der Waals surface area contributed by atoms with Gasteiger partial charge in [-0.25, -0.2) is 4.39 Å². The van der Waals surface area contributed by atoms with Crippen LogP contribution in [0.4, 0.5) is 10.1 Å². The Morgan fingerprint density at radius 2 is 2.00 bits per heavy atom. The third kappa shape index (κ3) is 5.08. The molecule has 0 atom stereocenters. The summed E-state index contributed by atoms with van der Waals surface area (Å²) in [6, 6.07) is 7.90. The molecule has 1 N–H and O–H groups in total. The van der Waals surface area contributed by atoms with Crippen LogP contribution in [0, 0.1) is 12.7 Å². The second kappa shape index (κ2) is 8.52. The molecular weight excluding hydrogens is 366 g/mol. The van der Waals surface area contributed by atoms with Gasteiger partial charge < -0.3 is 10.1 Å². The summed E-state index contributed by atoms with van der Waals surface area (Å²) in [5.41, 5.74) is 1.72. The molecule has 2 aromatic carbocycles. The van der Waals surface area contributed by atoms with E-state index in [1.54, 1.807) is 36.2 Å². The zero-order valence-electron chi connectivity index (χ0n) is 14.2. The quantitative estimate of drug-likeness (QED) is 0.795. The standard InChI is InChI=1S/C18H19Cl2FN2O2/c1-11-7-16(17(25-3)8-14(11)20)22-18(24)10-23(2)9-12-13(19)5-4-6-15(12)21/h4-8H,9-10H2,1-3H3,(H,22,24). The highest BCUT2D eigenvalue weighted by Gasteiger charge is 2.14. The summed E-state index contributed by atoms with van der Waals surface area (Å²) in [4.78, 5) is 14.0. The third-order valence-corrected chi connectivity index (χ3v) is 4.42. The van der Waals surface area contributed by atoms with Gasteiger partial charge in [0.15, 0.2) is 0 Å². The number of aryl methyl sites for hydroxylation is 1. The molecule has 1 amide bonds. The van der Waals surface area contributed by atoms with Crippen molar-refractivity contribution in [3.05, 3.63) is 57.3 Å². The first-order chi connectivity index (χ1) is 11.8. The summed E-state index contributed by atoms with van der Waals surface area (Å²) < 4.78 is 19.1. The highest BCUT2D eigenvalue weighted by atomic mass is 35.5. The lowest BCUT2D eigenvalue weighted by Crippen LogP contribution is -2.30. The molecule has 0 spiro atoms. The van der Waals surface area contributed by atoms with Crippen LogP contribution in [0.3, 0.4) is 0 Å². The van der Waals surface area contributed by atoms with Crippen LogP contribution in [0.1, 0.15) is 11.1 Å². The van der Waals surface area contributed by atoms with Crippen LogP contribution >= 0.6 is 23.2 Å². The fourth-order valence-electron chi connectivity index (χ4n) is 2.37. The number of ether oxygens (including phenoxy) is 1. The van der Waals surface area contributed by atoms with Crippen LogP contribution in [-0.2, 0) is 11.3 Å². The molecule has 0 bridgehead atoms. The molecule has 134 valence electrons. The third-order valence-electron chi connectivity index (χ3n) is 3.66. The molecule has 0 aliphatic heterocycles. The van der Waals surface area contributed by atoms with Crippen molar-refractivity contribution < 1.29 is 13.9 Å². The molecule has 0 radical (unpaired) electrons. The first-order valence-corrected chi connectivity index (χ1v) is 8.32. The average Bonchev–Trinajstić information content (AvgIpc) is 2.54. The number of likely N-dealkylation sites (N-methyl/N-ethyl adjacent to an activating group) is 1. The Morgan fingerprint density at radius 1 is 1.28 bits per heavy atom. The Bertz CT molecular complexity index is 764. The number of hydrogen-bond acceptors (Lipinski definition) is 3. The topological polar surface area (TPSA) is 41.6 Å². The Balaban J connectivity index is 2.04. The second-order valence-electron chi connectivity index (χ2n) is 5.72. The predicted molar refractivity (Wildman–Crippen MR) is 99.1 cm³/mol. The molecule has 7 heteroatoms. The molecule has 2 rings (SSSR count). The summed E-state index contributed by atoms with van der Waals surface area (Å²) >= 11 is 12.1. The predicted octanol–water partition coefficient (Wildman–Crippen LogP) is 4.52. The SMILES string of the molecule is COc1cc(Cl)c(C)cc1NC(=O)CN(C)Cc1c(F)cccc1Cl. The minimum absolute atomic E-state index is 0.0650. The van der Waals surface area contributed by atoms with Crippen LogP contribution in [0.2, 0.25) is 10.0 Å². The van der Waals surface area contributed by atoms with Crippen molar-refractivity contribution in [2.75, 3.05) is 26.0 Å². The number of methoxy groups -OCH3 is 1. The van der Waals surface area contributed by atoms with Crippen LogP contribution in [0.15, 0.2) is 30.3 Å². The highest BCUT2D eigenvalue weighted by molar-refractivity contribution is 6.31. The molecule has 4 nitrogen and oxygen atoms in total. The maximum absolute atomic E-state index is 13.8. The van der Waals surface area contributed by atoms with Gasteiger partial charge in [-0.1, -0.05) is 29.3 Å². The number of rotatable bonds is 6. The number of nitrogens with zero attached hydrogens (tertiary/aromatic N) is 1. The Labute approximate surface area is 156 Å². The minimum atomic E-state index is -0.394. The molecule has 0 aliphatic carbocycles. The fraction of sp³-hybridized carbons (Fsp3) is 0.278. The molecule has 25 heavy (non-hydrogen) atoms. The number of amides is 1. The van der Waals surface area contributed by atoms with Crippen molar-refractivity contribution in [3.8, 4) is 5.75 Å². The van der Waals surface area contributed by atoms with E-state index in [9.17, 15) is 9.18 Å². The summed E-state index contributed by atoms with van der Waals surface area (Å²) in [6.45, 7) is 2.12. The van der Waals surface area contributed by atoms with Crippen molar-refractivity contribution in [1.29, 1.82) is 0 Å². The average molecular weight is 385 g/mol. The van der Waals surface area contributed by atoms with Crippen LogP contribution in [0.5, 0.6) is 5.75 Å². The Kier molecular flexibility index (Phi) is 6.64. The van der Waals surface area contributed by atoms with Gasteiger partial charge in [-0.15, -0.1) is 0 Å². The molecule has 0 aromatic heterocycles. The van der Waals surface area contributed by atoms with E-state index in [1.165, 1.54) is 13.2 Å². The zero-order chi connectivity index (χ0) is 18.6. The van der Waals surface area contributed by atoms with E-state index in [0.29, 0.717) is 27.0 Å². The minimum Gasteiger partial charge on any atom is -0.495 e. The Hall–Kier alpha value is -1.82. The number of carbonyl (C=O) groups is 1. The number of anilines is 1. The maximum atomic E-state index is 13.8. The van der Waals surface area contributed by atoms with E-state index in [4.69, 9.17) is 27.9 Å². The normalized spacial score (nSPS) is 10.8. The van der Waals surface area contributed by atoms with Crippen molar-refractivity contribution in [2.45, 2.75) is 13.5 Å². The van der Waals surface area contributed by atoms with E-state index < -0.39 is 5.82 Å². The van der Waals surface area contributed by atoms with Crippen LogP contribution in [-0.4, -0.2) is 31.5 Å². The van der Waals surface area contributed by atoms with Crippen molar-refractivity contribution in [2.24, 2.45) is 0 Å². The first-order valence-electron chi connectivity index (χ1n) is 7.57. The van der Waals surface area contributed by atoms with Gasteiger partial charge >= 0.3 is 0 Å². The monoisotopic (exact) mass is 384 g/mol. The van der Waals surface area contributed by atoms with Crippen molar-refractivity contribution in [3.63, 3.8) is 0 Å².